The minimum absolute atomic E-state index is 0.424. The SMILES string of the molecule is O=[P+](OCCS)c1ccccc1. The quantitative estimate of drug-likeness (QED) is 0.595. The summed E-state index contributed by atoms with van der Waals surface area (Å²) in [5.41, 5.74) is 0. The van der Waals surface area contributed by atoms with Crippen molar-refractivity contribution in [1.82, 2.24) is 0 Å². The molecule has 1 rings (SSSR count). The highest BCUT2D eigenvalue weighted by atomic mass is 32.1. The number of thiol groups is 1. The maximum absolute atomic E-state index is 11.3. The summed E-state index contributed by atoms with van der Waals surface area (Å²) in [5.74, 6) is 0.591. The van der Waals surface area contributed by atoms with Crippen LogP contribution in [0.3, 0.4) is 0 Å². The fourth-order valence-electron chi connectivity index (χ4n) is 0.748. The van der Waals surface area contributed by atoms with E-state index in [2.05, 4.69) is 12.6 Å². The average Bonchev–Trinajstić information content (AvgIpc) is 2.15. The Hall–Kier alpha value is -0.370. The monoisotopic (exact) mass is 201 g/mol. The molecule has 0 bridgehead atoms. The van der Waals surface area contributed by atoms with E-state index in [0.717, 1.165) is 5.30 Å². The van der Waals surface area contributed by atoms with Gasteiger partial charge < -0.3 is 0 Å². The molecule has 0 aliphatic carbocycles. The lowest BCUT2D eigenvalue weighted by molar-refractivity contribution is 0.361. The Morgan fingerprint density at radius 2 is 2.00 bits per heavy atom. The number of hydrogen-bond acceptors (Lipinski definition) is 3. The van der Waals surface area contributed by atoms with Crippen molar-refractivity contribution >= 4 is 26.0 Å². The lowest BCUT2D eigenvalue weighted by atomic mass is 10.4. The molecule has 1 aromatic carbocycles. The van der Waals surface area contributed by atoms with E-state index in [1.807, 2.05) is 18.2 Å². The Balaban J connectivity index is 2.54. The molecule has 1 unspecified atom stereocenters. The van der Waals surface area contributed by atoms with E-state index in [1.54, 1.807) is 12.1 Å². The van der Waals surface area contributed by atoms with Gasteiger partial charge in [-0.05, 0) is 16.7 Å². The summed E-state index contributed by atoms with van der Waals surface area (Å²) >= 11 is 3.95. The number of rotatable bonds is 4. The molecule has 4 heteroatoms. The van der Waals surface area contributed by atoms with E-state index < -0.39 is 8.03 Å². The second-order valence-corrected chi connectivity index (χ2v) is 3.89. The van der Waals surface area contributed by atoms with Gasteiger partial charge in [0.25, 0.3) is 0 Å². The molecule has 0 aromatic heterocycles. The van der Waals surface area contributed by atoms with Gasteiger partial charge in [-0.1, -0.05) is 18.2 Å². The van der Waals surface area contributed by atoms with E-state index in [9.17, 15) is 4.57 Å². The molecule has 64 valence electrons. The summed E-state index contributed by atoms with van der Waals surface area (Å²) in [6, 6.07) is 9.14. The Morgan fingerprint density at radius 1 is 1.33 bits per heavy atom. The molecule has 0 fully saturated rings. The van der Waals surface area contributed by atoms with Crippen LogP contribution < -0.4 is 5.30 Å². The molecule has 0 saturated heterocycles. The summed E-state index contributed by atoms with van der Waals surface area (Å²) in [5, 5.41) is 0.731. The molecule has 0 aliphatic rings. The predicted octanol–water partition coefficient (Wildman–Crippen LogP) is 2.00. The van der Waals surface area contributed by atoms with Crippen molar-refractivity contribution in [2.45, 2.75) is 0 Å². The largest absolute Gasteiger partial charge is 0.548 e. The minimum atomic E-state index is -1.68. The Kier molecular flexibility index (Phi) is 4.30. The van der Waals surface area contributed by atoms with Gasteiger partial charge in [-0.3, -0.25) is 0 Å². The molecule has 12 heavy (non-hydrogen) atoms. The summed E-state index contributed by atoms with van der Waals surface area (Å²) < 4.78 is 16.3. The molecular formula is C8H10O2PS+. The zero-order valence-electron chi connectivity index (χ0n) is 6.51. The summed E-state index contributed by atoms with van der Waals surface area (Å²) in [6.45, 7) is 0.424. The van der Waals surface area contributed by atoms with Crippen molar-refractivity contribution in [3.63, 3.8) is 0 Å². The molecule has 1 aromatic rings. The molecular weight excluding hydrogens is 191 g/mol. The van der Waals surface area contributed by atoms with Gasteiger partial charge in [-0.25, -0.2) is 0 Å². The van der Waals surface area contributed by atoms with Crippen molar-refractivity contribution in [2.75, 3.05) is 12.4 Å². The molecule has 0 heterocycles. The van der Waals surface area contributed by atoms with Crippen LogP contribution in [0.4, 0.5) is 0 Å². The first-order valence-electron chi connectivity index (χ1n) is 3.60. The minimum Gasteiger partial charge on any atom is -0.177 e. The van der Waals surface area contributed by atoms with Crippen LogP contribution in [0.25, 0.3) is 0 Å². The van der Waals surface area contributed by atoms with Gasteiger partial charge >= 0.3 is 8.03 Å². The van der Waals surface area contributed by atoms with Crippen LogP contribution in [0.2, 0.25) is 0 Å². The molecule has 0 aliphatic heterocycles. The van der Waals surface area contributed by atoms with Gasteiger partial charge in [-0.15, -0.1) is 4.52 Å². The molecule has 2 nitrogen and oxygen atoms in total. The molecule has 0 amide bonds. The van der Waals surface area contributed by atoms with Gasteiger partial charge in [0.1, 0.15) is 6.61 Å². The Morgan fingerprint density at radius 3 is 2.58 bits per heavy atom. The lowest BCUT2D eigenvalue weighted by Gasteiger charge is -1.86. The highest BCUT2D eigenvalue weighted by Crippen LogP contribution is 2.20. The topological polar surface area (TPSA) is 26.3 Å². The van der Waals surface area contributed by atoms with Crippen LogP contribution in [-0.4, -0.2) is 12.4 Å². The normalized spacial score (nSPS) is 11.2. The fourth-order valence-corrected chi connectivity index (χ4v) is 1.81. The maximum Gasteiger partial charge on any atom is 0.548 e. The smallest absolute Gasteiger partial charge is 0.177 e. The van der Waals surface area contributed by atoms with Gasteiger partial charge in [-0.2, -0.15) is 12.6 Å². The van der Waals surface area contributed by atoms with Gasteiger partial charge in [0.15, 0.2) is 0 Å². The van der Waals surface area contributed by atoms with Crippen molar-refractivity contribution < 1.29 is 9.09 Å². The second kappa shape index (κ2) is 5.31. The number of benzene rings is 1. The summed E-state index contributed by atoms with van der Waals surface area (Å²) in [4.78, 5) is 0. The zero-order chi connectivity index (χ0) is 8.81. The summed E-state index contributed by atoms with van der Waals surface area (Å²) in [6.07, 6.45) is 0. The summed E-state index contributed by atoms with van der Waals surface area (Å²) in [7, 11) is -1.68. The highest BCUT2D eigenvalue weighted by Gasteiger charge is 2.20. The first-order valence-corrected chi connectivity index (χ1v) is 5.41. The predicted molar refractivity (Wildman–Crippen MR) is 53.5 cm³/mol. The van der Waals surface area contributed by atoms with Crippen molar-refractivity contribution in [3.8, 4) is 0 Å². The Bertz CT molecular complexity index is 250. The zero-order valence-corrected chi connectivity index (χ0v) is 8.30. The van der Waals surface area contributed by atoms with E-state index in [-0.39, 0.29) is 0 Å². The van der Waals surface area contributed by atoms with Crippen LogP contribution in [0.1, 0.15) is 0 Å². The van der Waals surface area contributed by atoms with E-state index in [4.69, 9.17) is 4.52 Å². The molecule has 0 N–H and O–H groups in total. The highest BCUT2D eigenvalue weighted by molar-refractivity contribution is 7.80. The van der Waals surface area contributed by atoms with Crippen molar-refractivity contribution in [3.05, 3.63) is 30.3 Å². The maximum atomic E-state index is 11.3. The fraction of sp³-hybridized carbons (Fsp3) is 0.250. The van der Waals surface area contributed by atoms with Gasteiger partial charge in [0, 0.05) is 5.75 Å². The second-order valence-electron chi connectivity index (χ2n) is 2.15. The standard InChI is InChI=1S/C8H9O2PS/c9-11(10-6-7-12)8-4-2-1-3-5-8/h1-5H,6-7H2/p+1. The molecule has 1 atom stereocenters. The Labute approximate surface area is 78.2 Å². The van der Waals surface area contributed by atoms with Gasteiger partial charge in [0.05, 0.1) is 0 Å². The van der Waals surface area contributed by atoms with Crippen LogP contribution in [-0.2, 0) is 9.09 Å². The van der Waals surface area contributed by atoms with Crippen LogP contribution in [0.15, 0.2) is 30.3 Å². The molecule has 0 radical (unpaired) electrons. The van der Waals surface area contributed by atoms with Crippen molar-refractivity contribution in [2.24, 2.45) is 0 Å². The van der Waals surface area contributed by atoms with E-state index >= 15 is 0 Å². The molecule has 0 spiro atoms. The lowest BCUT2D eigenvalue weighted by Crippen LogP contribution is -1.98. The third-order valence-electron chi connectivity index (χ3n) is 1.27. The van der Waals surface area contributed by atoms with Crippen LogP contribution in [0.5, 0.6) is 0 Å². The average molecular weight is 201 g/mol. The van der Waals surface area contributed by atoms with E-state index in [0.29, 0.717) is 12.4 Å². The first kappa shape index (κ1) is 9.72. The molecule has 0 saturated carbocycles. The first-order chi connectivity index (χ1) is 5.84. The third kappa shape index (κ3) is 2.94. The third-order valence-corrected chi connectivity index (χ3v) is 2.59. The van der Waals surface area contributed by atoms with Crippen molar-refractivity contribution in [1.29, 1.82) is 0 Å². The van der Waals surface area contributed by atoms with E-state index in [1.165, 1.54) is 0 Å². The number of hydrogen-bond donors (Lipinski definition) is 1. The van der Waals surface area contributed by atoms with Crippen LogP contribution >= 0.6 is 20.7 Å². The van der Waals surface area contributed by atoms with Crippen LogP contribution in [0, 0.1) is 0 Å². The van der Waals surface area contributed by atoms with Gasteiger partial charge in [0.2, 0.25) is 5.30 Å².